The number of carbonyl (C=O) groups excluding carboxylic acids is 2. The van der Waals surface area contributed by atoms with Crippen LogP contribution >= 0.6 is 0 Å². The first-order chi connectivity index (χ1) is 13.4. The molecule has 2 aromatic rings. The lowest BCUT2D eigenvalue weighted by molar-refractivity contribution is -0.131. The highest BCUT2D eigenvalue weighted by atomic mass is 16.5. The molecule has 1 atom stereocenters. The fourth-order valence-corrected chi connectivity index (χ4v) is 3.20. The quantitative estimate of drug-likeness (QED) is 0.711. The van der Waals surface area contributed by atoms with Crippen molar-refractivity contribution in [3.63, 3.8) is 0 Å². The van der Waals surface area contributed by atoms with E-state index >= 15 is 0 Å². The number of amides is 3. The SMILES string of the molecule is COc1ccc(CCC2(C)NC(=O)N(CCOc3ccc(C)cc3)C2=O)cc1. The maximum absolute atomic E-state index is 12.8. The summed E-state index contributed by atoms with van der Waals surface area (Å²) >= 11 is 0. The molecule has 1 fully saturated rings. The van der Waals surface area contributed by atoms with Crippen LogP contribution < -0.4 is 14.8 Å². The Hall–Kier alpha value is -3.02. The van der Waals surface area contributed by atoms with Crippen LogP contribution in [0.3, 0.4) is 0 Å². The lowest BCUT2D eigenvalue weighted by Crippen LogP contribution is -2.44. The van der Waals surface area contributed by atoms with E-state index in [9.17, 15) is 9.59 Å². The molecule has 1 aliphatic rings. The Morgan fingerprint density at radius 3 is 2.29 bits per heavy atom. The first-order valence-electron chi connectivity index (χ1n) is 9.38. The van der Waals surface area contributed by atoms with E-state index in [-0.39, 0.29) is 25.1 Å². The molecule has 1 N–H and O–H groups in total. The van der Waals surface area contributed by atoms with Crippen LogP contribution in [0.2, 0.25) is 0 Å². The average molecular weight is 382 g/mol. The fourth-order valence-electron chi connectivity index (χ4n) is 3.20. The van der Waals surface area contributed by atoms with Gasteiger partial charge in [-0.25, -0.2) is 4.79 Å². The number of benzene rings is 2. The van der Waals surface area contributed by atoms with Crippen molar-refractivity contribution in [1.82, 2.24) is 10.2 Å². The van der Waals surface area contributed by atoms with Gasteiger partial charge in [0.25, 0.3) is 5.91 Å². The van der Waals surface area contributed by atoms with Crippen molar-refractivity contribution in [2.45, 2.75) is 32.2 Å². The van der Waals surface area contributed by atoms with Crippen LogP contribution in [0.15, 0.2) is 48.5 Å². The number of methoxy groups -OCH3 is 1. The zero-order valence-corrected chi connectivity index (χ0v) is 16.5. The number of carbonyl (C=O) groups is 2. The Kier molecular flexibility index (Phi) is 5.87. The first-order valence-corrected chi connectivity index (χ1v) is 9.38. The van der Waals surface area contributed by atoms with Crippen LogP contribution in [0.5, 0.6) is 11.5 Å². The summed E-state index contributed by atoms with van der Waals surface area (Å²) < 4.78 is 10.8. The molecule has 1 saturated heterocycles. The number of ether oxygens (including phenoxy) is 2. The molecule has 1 unspecified atom stereocenters. The maximum atomic E-state index is 12.8. The highest BCUT2D eigenvalue weighted by Gasteiger charge is 2.47. The van der Waals surface area contributed by atoms with E-state index in [0.717, 1.165) is 22.6 Å². The van der Waals surface area contributed by atoms with Gasteiger partial charge in [-0.1, -0.05) is 29.8 Å². The van der Waals surface area contributed by atoms with E-state index < -0.39 is 5.54 Å². The number of aryl methyl sites for hydroxylation is 2. The normalized spacial score (nSPS) is 18.9. The summed E-state index contributed by atoms with van der Waals surface area (Å²) in [4.78, 5) is 26.4. The van der Waals surface area contributed by atoms with Gasteiger partial charge in [-0.05, 0) is 56.5 Å². The molecule has 148 valence electrons. The maximum Gasteiger partial charge on any atom is 0.325 e. The summed E-state index contributed by atoms with van der Waals surface area (Å²) in [6, 6.07) is 15.0. The second-order valence-electron chi connectivity index (χ2n) is 7.23. The van der Waals surface area contributed by atoms with Crippen LogP contribution in [-0.2, 0) is 11.2 Å². The Labute approximate surface area is 165 Å². The molecule has 0 aromatic heterocycles. The Balaban J connectivity index is 1.54. The summed E-state index contributed by atoms with van der Waals surface area (Å²) in [5.41, 5.74) is 1.33. The zero-order chi connectivity index (χ0) is 20.1. The van der Waals surface area contributed by atoms with Crippen molar-refractivity contribution in [2.24, 2.45) is 0 Å². The minimum atomic E-state index is -0.902. The minimum absolute atomic E-state index is 0.210. The summed E-state index contributed by atoms with van der Waals surface area (Å²) in [5.74, 6) is 1.30. The Morgan fingerprint density at radius 1 is 1.00 bits per heavy atom. The van der Waals surface area contributed by atoms with Gasteiger partial charge in [-0.15, -0.1) is 0 Å². The highest BCUT2D eigenvalue weighted by molar-refractivity contribution is 6.06. The van der Waals surface area contributed by atoms with Gasteiger partial charge in [-0.2, -0.15) is 0 Å². The van der Waals surface area contributed by atoms with Gasteiger partial charge in [0, 0.05) is 0 Å². The molecule has 0 saturated carbocycles. The summed E-state index contributed by atoms with van der Waals surface area (Å²) in [6.45, 7) is 4.26. The van der Waals surface area contributed by atoms with Gasteiger partial charge in [0.05, 0.1) is 13.7 Å². The van der Waals surface area contributed by atoms with Crippen molar-refractivity contribution in [3.05, 3.63) is 59.7 Å². The summed E-state index contributed by atoms with van der Waals surface area (Å²) in [7, 11) is 1.62. The van der Waals surface area contributed by atoms with Crippen LogP contribution in [0, 0.1) is 6.92 Å². The van der Waals surface area contributed by atoms with Gasteiger partial charge >= 0.3 is 6.03 Å². The van der Waals surface area contributed by atoms with Gasteiger partial charge in [0.1, 0.15) is 23.6 Å². The third-order valence-electron chi connectivity index (χ3n) is 5.02. The van der Waals surface area contributed by atoms with Gasteiger partial charge in [0.2, 0.25) is 0 Å². The van der Waals surface area contributed by atoms with E-state index in [2.05, 4.69) is 5.32 Å². The Morgan fingerprint density at radius 2 is 1.64 bits per heavy atom. The molecule has 28 heavy (non-hydrogen) atoms. The molecule has 1 heterocycles. The monoisotopic (exact) mass is 382 g/mol. The second kappa shape index (κ2) is 8.33. The predicted octanol–water partition coefficient (Wildman–Crippen LogP) is 3.33. The van der Waals surface area contributed by atoms with Crippen LogP contribution in [0.4, 0.5) is 4.79 Å². The van der Waals surface area contributed by atoms with Crippen molar-refractivity contribution in [2.75, 3.05) is 20.3 Å². The van der Waals surface area contributed by atoms with Crippen molar-refractivity contribution >= 4 is 11.9 Å². The molecule has 0 radical (unpaired) electrons. The number of imide groups is 1. The third-order valence-corrected chi connectivity index (χ3v) is 5.02. The summed E-state index contributed by atoms with van der Waals surface area (Å²) in [5, 5.41) is 2.84. The molecule has 3 rings (SSSR count). The Bertz CT molecular complexity index is 833. The number of nitrogens with one attached hydrogen (secondary N) is 1. The van der Waals surface area contributed by atoms with Crippen LogP contribution in [0.1, 0.15) is 24.5 Å². The van der Waals surface area contributed by atoms with Gasteiger partial charge in [-0.3, -0.25) is 9.69 Å². The van der Waals surface area contributed by atoms with E-state index in [1.165, 1.54) is 4.90 Å². The molecule has 3 amide bonds. The van der Waals surface area contributed by atoms with Crippen LogP contribution in [0.25, 0.3) is 0 Å². The number of nitrogens with zero attached hydrogens (tertiary/aromatic N) is 1. The molecule has 0 spiro atoms. The van der Waals surface area contributed by atoms with E-state index in [0.29, 0.717) is 12.8 Å². The molecule has 1 aliphatic heterocycles. The van der Waals surface area contributed by atoms with E-state index in [1.807, 2.05) is 55.5 Å². The molecule has 6 heteroatoms. The lowest BCUT2D eigenvalue weighted by Gasteiger charge is -2.21. The van der Waals surface area contributed by atoms with Gasteiger partial charge < -0.3 is 14.8 Å². The van der Waals surface area contributed by atoms with Gasteiger partial charge in [0.15, 0.2) is 0 Å². The average Bonchev–Trinajstić information content (AvgIpc) is 2.91. The van der Waals surface area contributed by atoms with Crippen molar-refractivity contribution in [1.29, 1.82) is 0 Å². The second-order valence-corrected chi connectivity index (χ2v) is 7.23. The number of urea groups is 1. The standard InChI is InChI=1S/C22H26N2O4/c1-16-4-8-19(9-5-16)28-15-14-24-20(25)22(2,23-21(24)26)13-12-17-6-10-18(27-3)11-7-17/h4-11H,12-15H2,1-3H3,(H,23,26). The lowest BCUT2D eigenvalue weighted by atomic mass is 9.93. The summed E-state index contributed by atoms with van der Waals surface area (Å²) in [6.07, 6.45) is 1.21. The van der Waals surface area contributed by atoms with Crippen molar-refractivity contribution in [3.8, 4) is 11.5 Å². The molecular formula is C22H26N2O4. The topological polar surface area (TPSA) is 67.9 Å². The highest BCUT2D eigenvalue weighted by Crippen LogP contribution is 2.24. The van der Waals surface area contributed by atoms with Crippen molar-refractivity contribution < 1.29 is 19.1 Å². The molecular weight excluding hydrogens is 356 g/mol. The third kappa shape index (κ3) is 4.44. The van der Waals surface area contributed by atoms with E-state index in [1.54, 1.807) is 14.0 Å². The van der Waals surface area contributed by atoms with Crippen LogP contribution in [-0.4, -0.2) is 42.6 Å². The number of rotatable bonds is 8. The first kappa shape index (κ1) is 19.7. The minimum Gasteiger partial charge on any atom is -0.497 e. The predicted molar refractivity (Wildman–Crippen MR) is 107 cm³/mol. The smallest absolute Gasteiger partial charge is 0.325 e. The molecule has 6 nitrogen and oxygen atoms in total. The number of hydrogen-bond acceptors (Lipinski definition) is 4. The fraction of sp³-hybridized carbons (Fsp3) is 0.364. The number of hydrogen-bond donors (Lipinski definition) is 1. The largest absolute Gasteiger partial charge is 0.497 e. The van der Waals surface area contributed by atoms with E-state index in [4.69, 9.17) is 9.47 Å². The zero-order valence-electron chi connectivity index (χ0n) is 16.5. The molecule has 0 aliphatic carbocycles. The molecule has 2 aromatic carbocycles. The molecule has 0 bridgehead atoms.